The molecule has 0 aliphatic heterocycles. The van der Waals surface area contributed by atoms with Gasteiger partial charge in [-0.1, -0.05) is 47.7 Å². The molecule has 3 rings (SSSR count). The highest BCUT2D eigenvalue weighted by Gasteiger charge is 2.17. The number of anilines is 2. The molecule has 2 N–H and O–H groups in total. The van der Waals surface area contributed by atoms with E-state index in [9.17, 15) is 9.59 Å². The van der Waals surface area contributed by atoms with Crippen molar-refractivity contribution in [3.8, 4) is 0 Å². The zero-order valence-electron chi connectivity index (χ0n) is 13.9. The first-order valence-corrected chi connectivity index (χ1v) is 8.57. The Labute approximate surface area is 149 Å². The Morgan fingerprint density at radius 3 is 2.28 bits per heavy atom. The summed E-state index contributed by atoms with van der Waals surface area (Å²) in [6, 6.07) is 16.4. The molecular weight excluding hydrogens is 334 g/mol. The van der Waals surface area contributed by atoms with Gasteiger partial charge in [0, 0.05) is 11.3 Å². The van der Waals surface area contributed by atoms with Crippen LogP contribution >= 0.6 is 11.3 Å². The standard InChI is InChI=1S/C19H17N3O2S/c1-12-8-6-7-11-15(12)21-18(24)16-13(2)20-19(25-16)22-17(23)14-9-4-3-5-10-14/h3-11H,1-2H3,(H,21,24)(H,20,22,23). The Morgan fingerprint density at radius 2 is 1.56 bits per heavy atom. The summed E-state index contributed by atoms with van der Waals surface area (Å²) in [4.78, 5) is 29.5. The van der Waals surface area contributed by atoms with Gasteiger partial charge >= 0.3 is 0 Å². The Morgan fingerprint density at radius 1 is 0.880 bits per heavy atom. The monoisotopic (exact) mass is 351 g/mol. The molecule has 0 saturated carbocycles. The number of rotatable bonds is 4. The highest BCUT2D eigenvalue weighted by atomic mass is 32.1. The van der Waals surface area contributed by atoms with E-state index in [0.717, 1.165) is 22.6 Å². The molecule has 0 unspecified atom stereocenters. The summed E-state index contributed by atoms with van der Waals surface area (Å²) in [5, 5.41) is 6.03. The zero-order chi connectivity index (χ0) is 17.8. The van der Waals surface area contributed by atoms with Crippen LogP contribution in [0.15, 0.2) is 54.6 Å². The molecular formula is C19H17N3O2S. The molecule has 0 fully saturated rings. The second-order valence-corrected chi connectivity index (χ2v) is 6.52. The number of amides is 2. The van der Waals surface area contributed by atoms with Crippen LogP contribution in [0.25, 0.3) is 0 Å². The molecule has 0 aliphatic carbocycles. The lowest BCUT2D eigenvalue weighted by Crippen LogP contribution is -2.12. The number of nitrogens with one attached hydrogen (secondary N) is 2. The number of carbonyl (C=O) groups is 2. The first kappa shape index (κ1) is 16.9. The third-order valence-electron chi connectivity index (χ3n) is 3.65. The van der Waals surface area contributed by atoms with Gasteiger partial charge in [0.25, 0.3) is 11.8 Å². The Kier molecular flexibility index (Phi) is 4.90. The average Bonchev–Trinajstić information content (AvgIpc) is 2.98. The SMILES string of the molecule is Cc1ccccc1NC(=O)c1sc(NC(=O)c2ccccc2)nc1C. The summed E-state index contributed by atoms with van der Waals surface area (Å²) >= 11 is 1.16. The summed E-state index contributed by atoms with van der Waals surface area (Å²) in [6.07, 6.45) is 0. The van der Waals surface area contributed by atoms with Crippen molar-refractivity contribution in [1.82, 2.24) is 4.98 Å². The lowest BCUT2D eigenvalue weighted by Gasteiger charge is -2.06. The number of nitrogens with zero attached hydrogens (tertiary/aromatic N) is 1. The predicted octanol–water partition coefficient (Wildman–Crippen LogP) is 4.26. The van der Waals surface area contributed by atoms with Crippen LogP contribution in [0.3, 0.4) is 0 Å². The topological polar surface area (TPSA) is 71.1 Å². The first-order chi connectivity index (χ1) is 12.0. The van der Waals surface area contributed by atoms with Crippen LogP contribution in [0.1, 0.15) is 31.3 Å². The van der Waals surface area contributed by atoms with E-state index >= 15 is 0 Å². The molecule has 6 heteroatoms. The molecule has 0 radical (unpaired) electrons. The third-order valence-corrected chi connectivity index (χ3v) is 4.72. The van der Waals surface area contributed by atoms with Gasteiger partial charge in [-0.15, -0.1) is 0 Å². The van der Waals surface area contributed by atoms with Crippen LogP contribution in [-0.4, -0.2) is 16.8 Å². The summed E-state index contributed by atoms with van der Waals surface area (Å²) in [5.41, 5.74) is 2.87. The molecule has 0 spiro atoms. The summed E-state index contributed by atoms with van der Waals surface area (Å²) < 4.78 is 0. The number of aryl methyl sites for hydroxylation is 2. The van der Waals surface area contributed by atoms with Gasteiger partial charge in [0.15, 0.2) is 5.13 Å². The van der Waals surface area contributed by atoms with Gasteiger partial charge in [0.1, 0.15) is 4.88 Å². The fraction of sp³-hybridized carbons (Fsp3) is 0.105. The van der Waals surface area contributed by atoms with E-state index < -0.39 is 0 Å². The molecule has 0 aliphatic rings. The van der Waals surface area contributed by atoms with E-state index in [1.165, 1.54) is 0 Å². The van der Waals surface area contributed by atoms with Gasteiger partial charge in [-0.3, -0.25) is 14.9 Å². The third kappa shape index (κ3) is 3.92. The summed E-state index contributed by atoms with van der Waals surface area (Å²) in [5.74, 6) is -0.482. The highest BCUT2D eigenvalue weighted by Crippen LogP contribution is 2.25. The fourth-order valence-electron chi connectivity index (χ4n) is 2.31. The minimum absolute atomic E-state index is 0.232. The molecule has 1 heterocycles. The lowest BCUT2D eigenvalue weighted by atomic mass is 10.2. The van der Waals surface area contributed by atoms with Gasteiger partial charge < -0.3 is 5.32 Å². The van der Waals surface area contributed by atoms with Crippen LogP contribution < -0.4 is 10.6 Å². The normalized spacial score (nSPS) is 10.3. The molecule has 126 valence electrons. The minimum atomic E-state index is -0.250. The predicted molar refractivity (Wildman–Crippen MR) is 100 cm³/mol. The van der Waals surface area contributed by atoms with E-state index in [1.54, 1.807) is 31.2 Å². The second-order valence-electron chi connectivity index (χ2n) is 5.52. The van der Waals surface area contributed by atoms with E-state index in [0.29, 0.717) is 21.3 Å². The van der Waals surface area contributed by atoms with E-state index in [4.69, 9.17) is 0 Å². The molecule has 5 nitrogen and oxygen atoms in total. The smallest absolute Gasteiger partial charge is 0.267 e. The molecule has 1 aromatic heterocycles. The van der Waals surface area contributed by atoms with Crippen molar-refractivity contribution in [2.45, 2.75) is 13.8 Å². The zero-order valence-corrected chi connectivity index (χ0v) is 14.7. The number of para-hydroxylation sites is 1. The molecule has 25 heavy (non-hydrogen) atoms. The van der Waals surface area contributed by atoms with Gasteiger partial charge in [0.05, 0.1) is 5.69 Å². The minimum Gasteiger partial charge on any atom is -0.321 e. The molecule has 0 bridgehead atoms. The number of carbonyl (C=O) groups excluding carboxylic acids is 2. The Bertz CT molecular complexity index is 919. The van der Waals surface area contributed by atoms with Crippen LogP contribution in [0.5, 0.6) is 0 Å². The van der Waals surface area contributed by atoms with E-state index in [1.807, 2.05) is 37.3 Å². The Balaban J connectivity index is 1.75. The van der Waals surface area contributed by atoms with Crippen molar-refractivity contribution < 1.29 is 9.59 Å². The van der Waals surface area contributed by atoms with Crippen molar-refractivity contribution >= 4 is 34.0 Å². The van der Waals surface area contributed by atoms with E-state index in [2.05, 4.69) is 15.6 Å². The number of hydrogen-bond donors (Lipinski definition) is 2. The van der Waals surface area contributed by atoms with Crippen molar-refractivity contribution in [2.24, 2.45) is 0 Å². The average molecular weight is 351 g/mol. The molecule has 2 amide bonds. The Hall–Kier alpha value is -2.99. The van der Waals surface area contributed by atoms with Gasteiger partial charge in [-0.25, -0.2) is 4.98 Å². The lowest BCUT2D eigenvalue weighted by molar-refractivity contribution is 0.102. The highest BCUT2D eigenvalue weighted by molar-refractivity contribution is 7.17. The van der Waals surface area contributed by atoms with Crippen LogP contribution in [0, 0.1) is 13.8 Å². The van der Waals surface area contributed by atoms with E-state index in [-0.39, 0.29) is 11.8 Å². The number of aromatic nitrogens is 1. The van der Waals surface area contributed by atoms with Crippen LogP contribution in [0.4, 0.5) is 10.8 Å². The van der Waals surface area contributed by atoms with Crippen molar-refractivity contribution in [3.63, 3.8) is 0 Å². The quantitative estimate of drug-likeness (QED) is 0.737. The maximum atomic E-state index is 12.5. The first-order valence-electron chi connectivity index (χ1n) is 7.75. The molecule has 0 saturated heterocycles. The second kappa shape index (κ2) is 7.27. The van der Waals surface area contributed by atoms with Crippen LogP contribution in [-0.2, 0) is 0 Å². The molecule has 0 atom stereocenters. The van der Waals surface area contributed by atoms with Crippen LogP contribution in [0.2, 0.25) is 0 Å². The van der Waals surface area contributed by atoms with Crippen molar-refractivity contribution in [1.29, 1.82) is 0 Å². The van der Waals surface area contributed by atoms with Gasteiger partial charge in [-0.05, 0) is 37.6 Å². The van der Waals surface area contributed by atoms with Gasteiger partial charge in [0.2, 0.25) is 0 Å². The summed E-state index contributed by atoms with van der Waals surface area (Å²) in [7, 11) is 0. The van der Waals surface area contributed by atoms with Crippen molar-refractivity contribution in [3.05, 3.63) is 76.3 Å². The van der Waals surface area contributed by atoms with Gasteiger partial charge in [-0.2, -0.15) is 0 Å². The number of thiazole rings is 1. The molecule has 3 aromatic rings. The fourth-order valence-corrected chi connectivity index (χ4v) is 3.17. The number of hydrogen-bond acceptors (Lipinski definition) is 4. The maximum absolute atomic E-state index is 12.5. The maximum Gasteiger partial charge on any atom is 0.267 e. The largest absolute Gasteiger partial charge is 0.321 e. The number of benzene rings is 2. The summed E-state index contributed by atoms with van der Waals surface area (Å²) in [6.45, 7) is 3.68. The molecule has 2 aromatic carbocycles. The van der Waals surface area contributed by atoms with Crippen molar-refractivity contribution in [2.75, 3.05) is 10.6 Å².